The third kappa shape index (κ3) is 5.45. The fraction of sp³-hybridized carbons (Fsp3) is 0.917. The van der Waals surface area contributed by atoms with Gasteiger partial charge in [-0.3, -0.25) is 5.32 Å². The van der Waals surface area contributed by atoms with Gasteiger partial charge in [-0.1, -0.05) is 6.92 Å². The summed E-state index contributed by atoms with van der Waals surface area (Å²) < 4.78 is 5.04. The molecule has 0 radical (unpaired) electrons. The highest BCUT2D eigenvalue weighted by molar-refractivity contribution is 5.05. The molecule has 2 unspecified atom stereocenters. The average Bonchev–Trinajstić information content (AvgIpc) is 2.26. The summed E-state index contributed by atoms with van der Waals surface area (Å²) in [4.78, 5) is 2.22. The fourth-order valence-electron chi connectivity index (χ4n) is 1.75. The van der Waals surface area contributed by atoms with Gasteiger partial charge < -0.3 is 9.64 Å². The number of nitrogens with one attached hydrogen (secondary N) is 1. The van der Waals surface area contributed by atoms with Gasteiger partial charge in [0.25, 0.3) is 0 Å². The van der Waals surface area contributed by atoms with Crippen molar-refractivity contribution in [3.63, 3.8) is 0 Å². The first-order valence-electron chi connectivity index (χ1n) is 5.84. The van der Waals surface area contributed by atoms with E-state index < -0.39 is 5.54 Å². The van der Waals surface area contributed by atoms with E-state index in [9.17, 15) is 0 Å². The monoisotopic (exact) mass is 227 g/mol. The summed E-state index contributed by atoms with van der Waals surface area (Å²) in [5.41, 5.74) is -0.435. The van der Waals surface area contributed by atoms with E-state index in [1.807, 2.05) is 13.8 Å². The summed E-state index contributed by atoms with van der Waals surface area (Å²) in [5, 5.41) is 12.4. The van der Waals surface area contributed by atoms with Gasteiger partial charge >= 0.3 is 0 Å². The summed E-state index contributed by atoms with van der Waals surface area (Å²) in [6.07, 6.45) is 0.817. The molecule has 0 aliphatic rings. The van der Waals surface area contributed by atoms with Crippen LogP contribution in [0.3, 0.4) is 0 Å². The van der Waals surface area contributed by atoms with Crippen molar-refractivity contribution in [1.29, 1.82) is 5.26 Å². The van der Waals surface area contributed by atoms with Crippen molar-refractivity contribution in [1.82, 2.24) is 10.2 Å². The van der Waals surface area contributed by atoms with E-state index in [-0.39, 0.29) is 0 Å². The quantitative estimate of drug-likeness (QED) is 0.677. The molecule has 0 saturated carbocycles. The van der Waals surface area contributed by atoms with Gasteiger partial charge in [0.2, 0.25) is 0 Å². The smallest absolute Gasteiger partial charge is 0.105 e. The van der Waals surface area contributed by atoms with Crippen LogP contribution in [-0.4, -0.2) is 50.3 Å². The van der Waals surface area contributed by atoms with Crippen molar-refractivity contribution in [2.45, 2.75) is 38.8 Å². The highest BCUT2D eigenvalue weighted by Gasteiger charge is 2.26. The molecule has 2 atom stereocenters. The topological polar surface area (TPSA) is 48.3 Å². The molecule has 0 rings (SSSR count). The van der Waals surface area contributed by atoms with E-state index in [1.165, 1.54) is 0 Å². The van der Waals surface area contributed by atoms with Crippen LogP contribution in [0.15, 0.2) is 0 Å². The minimum Gasteiger partial charge on any atom is -0.383 e. The Hall–Kier alpha value is -0.630. The first-order chi connectivity index (χ1) is 7.49. The van der Waals surface area contributed by atoms with Crippen molar-refractivity contribution in [3.05, 3.63) is 0 Å². The molecule has 4 heteroatoms. The summed E-state index contributed by atoms with van der Waals surface area (Å²) in [6.45, 7) is 8.56. The van der Waals surface area contributed by atoms with Crippen LogP contribution in [0.25, 0.3) is 0 Å². The zero-order valence-corrected chi connectivity index (χ0v) is 11.2. The second-order valence-electron chi connectivity index (χ2n) is 4.50. The number of ether oxygens (including phenoxy) is 1. The molecule has 0 fully saturated rings. The molecule has 0 saturated heterocycles. The number of likely N-dealkylation sites (N-methyl/N-ethyl adjacent to an activating group) is 1. The van der Waals surface area contributed by atoms with Crippen LogP contribution in [-0.2, 0) is 4.74 Å². The molecule has 16 heavy (non-hydrogen) atoms. The molecule has 4 nitrogen and oxygen atoms in total. The Balaban J connectivity index is 4.19. The van der Waals surface area contributed by atoms with E-state index >= 15 is 0 Å². The normalized spacial score (nSPS) is 16.8. The minimum atomic E-state index is -0.435. The lowest BCUT2D eigenvalue weighted by Crippen LogP contribution is -2.46. The maximum absolute atomic E-state index is 9.17. The van der Waals surface area contributed by atoms with Crippen LogP contribution in [0.1, 0.15) is 27.2 Å². The Labute approximate surface area is 99.6 Å². The van der Waals surface area contributed by atoms with E-state index in [0.717, 1.165) is 26.1 Å². The van der Waals surface area contributed by atoms with Crippen LogP contribution < -0.4 is 5.32 Å². The molecular weight excluding hydrogens is 202 g/mol. The lowest BCUT2D eigenvalue weighted by atomic mass is 9.94. The van der Waals surface area contributed by atoms with E-state index in [1.54, 1.807) is 7.11 Å². The lowest BCUT2D eigenvalue weighted by Gasteiger charge is -2.31. The standard InChI is InChI=1S/C12H25N3O/c1-6-14-12(3,10-13)9-11(2)15(4)7-8-16-5/h11,14H,6-9H2,1-5H3. The van der Waals surface area contributed by atoms with Crippen molar-refractivity contribution < 1.29 is 4.74 Å². The van der Waals surface area contributed by atoms with Crippen molar-refractivity contribution in [2.75, 3.05) is 33.9 Å². The third-order valence-electron chi connectivity index (χ3n) is 2.92. The largest absolute Gasteiger partial charge is 0.383 e. The second kappa shape index (κ2) is 7.61. The Morgan fingerprint density at radius 2 is 2.19 bits per heavy atom. The molecule has 0 spiro atoms. The maximum Gasteiger partial charge on any atom is 0.105 e. The Morgan fingerprint density at radius 3 is 2.62 bits per heavy atom. The zero-order chi connectivity index (χ0) is 12.6. The summed E-state index contributed by atoms with van der Waals surface area (Å²) >= 11 is 0. The van der Waals surface area contributed by atoms with Crippen LogP contribution in [0.4, 0.5) is 0 Å². The van der Waals surface area contributed by atoms with E-state index in [2.05, 4.69) is 30.3 Å². The molecule has 0 bridgehead atoms. The Morgan fingerprint density at radius 1 is 1.56 bits per heavy atom. The molecule has 0 aromatic rings. The summed E-state index contributed by atoms with van der Waals surface area (Å²) in [5.74, 6) is 0. The van der Waals surface area contributed by atoms with Gasteiger partial charge in [0.15, 0.2) is 0 Å². The number of rotatable bonds is 8. The number of hydrogen-bond acceptors (Lipinski definition) is 4. The van der Waals surface area contributed by atoms with Gasteiger partial charge in [-0.2, -0.15) is 5.26 Å². The van der Waals surface area contributed by atoms with Gasteiger partial charge in [-0.05, 0) is 33.9 Å². The van der Waals surface area contributed by atoms with Crippen molar-refractivity contribution >= 4 is 0 Å². The van der Waals surface area contributed by atoms with E-state index in [0.29, 0.717) is 6.04 Å². The van der Waals surface area contributed by atoms with Gasteiger partial charge in [0, 0.05) is 19.7 Å². The predicted molar refractivity (Wildman–Crippen MR) is 66.3 cm³/mol. The molecule has 0 aromatic heterocycles. The van der Waals surface area contributed by atoms with E-state index in [4.69, 9.17) is 10.00 Å². The zero-order valence-electron chi connectivity index (χ0n) is 11.2. The molecule has 0 aliphatic carbocycles. The predicted octanol–water partition coefficient (Wildman–Crippen LogP) is 1.23. The highest BCUT2D eigenvalue weighted by Crippen LogP contribution is 2.14. The summed E-state index contributed by atoms with van der Waals surface area (Å²) in [6, 6.07) is 2.71. The van der Waals surface area contributed by atoms with Gasteiger partial charge in [-0.15, -0.1) is 0 Å². The van der Waals surface area contributed by atoms with Crippen LogP contribution in [0, 0.1) is 11.3 Å². The van der Waals surface area contributed by atoms with Gasteiger partial charge in [0.1, 0.15) is 5.54 Å². The molecule has 94 valence electrons. The SMILES string of the molecule is CCNC(C)(C#N)CC(C)N(C)CCOC. The molecular formula is C12H25N3O. The number of nitrogens with zero attached hydrogens (tertiary/aromatic N) is 2. The first-order valence-corrected chi connectivity index (χ1v) is 5.84. The van der Waals surface area contributed by atoms with Gasteiger partial charge in [0.05, 0.1) is 12.7 Å². The first kappa shape index (κ1) is 15.4. The van der Waals surface area contributed by atoms with Crippen molar-refractivity contribution in [2.24, 2.45) is 0 Å². The van der Waals surface area contributed by atoms with Gasteiger partial charge in [-0.25, -0.2) is 0 Å². The molecule has 1 N–H and O–H groups in total. The lowest BCUT2D eigenvalue weighted by molar-refractivity contribution is 0.133. The fourth-order valence-corrected chi connectivity index (χ4v) is 1.75. The average molecular weight is 227 g/mol. The second-order valence-corrected chi connectivity index (χ2v) is 4.50. The maximum atomic E-state index is 9.17. The van der Waals surface area contributed by atoms with Crippen LogP contribution in [0.2, 0.25) is 0 Å². The number of nitriles is 1. The van der Waals surface area contributed by atoms with Crippen LogP contribution >= 0.6 is 0 Å². The number of hydrogen-bond donors (Lipinski definition) is 1. The molecule has 0 heterocycles. The van der Waals surface area contributed by atoms with Crippen molar-refractivity contribution in [3.8, 4) is 6.07 Å². The Bertz CT molecular complexity index is 227. The van der Waals surface area contributed by atoms with Crippen LogP contribution in [0.5, 0.6) is 0 Å². The summed E-state index contributed by atoms with van der Waals surface area (Å²) in [7, 11) is 3.77. The minimum absolute atomic E-state index is 0.360. The number of methoxy groups -OCH3 is 1. The highest BCUT2D eigenvalue weighted by atomic mass is 16.5. The molecule has 0 aromatic carbocycles. The molecule has 0 aliphatic heterocycles. The molecule has 0 amide bonds. The Kier molecular flexibility index (Phi) is 7.31. The third-order valence-corrected chi connectivity index (χ3v) is 2.92.